The number of nitrogens with one attached hydrogen (secondary N) is 1. The summed E-state index contributed by atoms with van der Waals surface area (Å²) in [7, 11) is 0. The molecule has 8 nitrogen and oxygen atoms in total. The Balaban J connectivity index is 1.77. The summed E-state index contributed by atoms with van der Waals surface area (Å²) in [6, 6.07) is 7.14. The number of rotatable bonds is 7. The third-order valence-electron chi connectivity index (χ3n) is 4.37. The van der Waals surface area contributed by atoms with Crippen LogP contribution >= 0.6 is 0 Å². The summed E-state index contributed by atoms with van der Waals surface area (Å²) >= 11 is 0. The first-order valence-electron chi connectivity index (χ1n) is 8.33. The topological polar surface area (TPSA) is 105 Å². The molecule has 0 spiro atoms. The van der Waals surface area contributed by atoms with E-state index in [0.29, 0.717) is 24.2 Å². The van der Waals surface area contributed by atoms with Gasteiger partial charge in [-0.1, -0.05) is 12.1 Å². The average molecular weight is 347 g/mol. The molecule has 1 saturated heterocycles. The van der Waals surface area contributed by atoms with Crippen molar-refractivity contribution in [2.24, 2.45) is 0 Å². The van der Waals surface area contributed by atoms with Crippen LogP contribution in [0.5, 0.6) is 0 Å². The van der Waals surface area contributed by atoms with Gasteiger partial charge in [0.25, 0.3) is 0 Å². The number of hydrogen-bond donors (Lipinski definition) is 2. The van der Waals surface area contributed by atoms with Gasteiger partial charge in [0.05, 0.1) is 23.6 Å². The van der Waals surface area contributed by atoms with Gasteiger partial charge in [-0.05, 0) is 25.0 Å². The van der Waals surface area contributed by atoms with Crippen LogP contribution in [0.4, 0.5) is 0 Å². The molecule has 0 radical (unpaired) electrons. The number of carboxylic acid groups (broad SMARTS) is 1. The van der Waals surface area contributed by atoms with Crippen LogP contribution in [0, 0.1) is 0 Å². The lowest BCUT2D eigenvalue weighted by Gasteiger charge is -2.25. The van der Waals surface area contributed by atoms with Crippen molar-refractivity contribution >= 4 is 22.9 Å². The van der Waals surface area contributed by atoms with Gasteiger partial charge in [0.1, 0.15) is 6.54 Å². The molecule has 0 unspecified atom stereocenters. The van der Waals surface area contributed by atoms with Crippen molar-refractivity contribution in [3.8, 4) is 0 Å². The molecule has 0 saturated carbocycles. The van der Waals surface area contributed by atoms with Crippen LogP contribution in [0.25, 0.3) is 11.0 Å². The molecule has 1 aromatic heterocycles. The molecule has 2 heterocycles. The largest absolute Gasteiger partial charge is 0.481 e. The lowest BCUT2D eigenvalue weighted by Crippen LogP contribution is -2.41. The maximum atomic E-state index is 12.7. The Hall–Kier alpha value is -2.61. The zero-order valence-corrected chi connectivity index (χ0v) is 13.8. The van der Waals surface area contributed by atoms with Crippen LogP contribution in [0.3, 0.4) is 0 Å². The van der Waals surface area contributed by atoms with Gasteiger partial charge in [-0.3, -0.25) is 14.2 Å². The maximum Gasteiger partial charge on any atom is 0.326 e. The number of carbonyl (C=O) groups excluding carboxylic acids is 1. The molecule has 1 fully saturated rings. The van der Waals surface area contributed by atoms with E-state index >= 15 is 0 Å². The number of hydrogen-bond acceptors (Lipinski definition) is 4. The number of amides is 1. The minimum atomic E-state index is -0.964. The van der Waals surface area contributed by atoms with Crippen LogP contribution in [-0.4, -0.2) is 57.2 Å². The summed E-state index contributed by atoms with van der Waals surface area (Å²) in [5.41, 5.74) is 0.956. The molecule has 1 aromatic carbocycles. The second-order valence-electron chi connectivity index (χ2n) is 6.15. The minimum Gasteiger partial charge on any atom is -0.481 e. The molecule has 25 heavy (non-hydrogen) atoms. The van der Waals surface area contributed by atoms with Gasteiger partial charge < -0.3 is 19.7 Å². The van der Waals surface area contributed by atoms with Crippen molar-refractivity contribution in [3.05, 3.63) is 34.7 Å². The Morgan fingerprint density at radius 1 is 1.36 bits per heavy atom. The van der Waals surface area contributed by atoms with Gasteiger partial charge in [0, 0.05) is 19.7 Å². The zero-order chi connectivity index (χ0) is 17.8. The van der Waals surface area contributed by atoms with E-state index in [9.17, 15) is 14.4 Å². The molecule has 1 atom stereocenters. The zero-order valence-electron chi connectivity index (χ0n) is 13.8. The Labute approximate surface area is 144 Å². The van der Waals surface area contributed by atoms with E-state index in [1.54, 1.807) is 24.3 Å². The third kappa shape index (κ3) is 4.08. The molecule has 0 bridgehead atoms. The lowest BCUT2D eigenvalue weighted by molar-refractivity contribution is -0.139. The van der Waals surface area contributed by atoms with E-state index in [4.69, 9.17) is 9.84 Å². The Bertz CT molecular complexity index is 819. The molecular weight excluding hydrogens is 326 g/mol. The summed E-state index contributed by atoms with van der Waals surface area (Å²) in [5.74, 6) is -1.25. The second-order valence-corrected chi connectivity index (χ2v) is 6.15. The second kappa shape index (κ2) is 7.52. The van der Waals surface area contributed by atoms with Crippen molar-refractivity contribution in [2.75, 3.05) is 19.7 Å². The third-order valence-corrected chi connectivity index (χ3v) is 4.37. The summed E-state index contributed by atoms with van der Waals surface area (Å²) in [4.78, 5) is 39.9. The highest BCUT2D eigenvalue weighted by Crippen LogP contribution is 2.15. The molecule has 3 rings (SSSR count). The lowest BCUT2D eigenvalue weighted by atomic mass is 10.2. The van der Waals surface area contributed by atoms with Crippen LogP contribution in [-0.2, 0) is 20.9 Å². The van der Waals surface area contributed by atoms with E-state index in [-0.39, 0.29) is 37.2 Å². The van der Waals surface area contributed by atoms with Crippen molar-refractivity contribution < 1.29 is 19.4 Å². The van der Waals surface area contributed by atoms with Crippen LogP contribution in [0.15, 0.2) is 29.1 Å². The number of carboxylic acids is 1. The van der Waals surface area contributed by atoms with Gasteiger partial charge in [-0.2, -0.15) is 0 Å². The van der Waals surface area contributed by atoms with E-state index < -0.39 is 5.97 Å². The van der Waals surface area contributed by atoms with Crippen molar-refractivity contribution in [1.29, 1.82) is 0 Å². The number of aromatic amines is 1. The number of carbonyl (C=O) groups is 2. The van der Waals surface area contributed by atoms with Gasteiger partial charge >= 0.3 is 11.7 Å². The summed E-state index contributed by atoms with van der Waals surface area (Å²) in [5, 5.41) is 8.92. The Morgan fingerprint density at radius 2 is 2.16 bits per heavy atom. The summed E-state index contributed by atoms with van der Waals surface area (Å²) < 4.78 is 6.93. The minimum absolute atomic E-state index is 0.0718. The summed E-state index contributed by atoms with van der Waals surface area (Å²) in [6.07, 6.45) is 1.58. The Kier molecular flexibility index (Phi) is 5.18. The highest BCUT2D eigenvalue weighted by molar-refractivity contribution is 5.81. The fraction of sp³-hybridized carbons (Fsp3) is 0.471. The molecule has 8 heteroatoms. The highest BCUT2D eigenvalue weighted by atomic mass is 16.5. The molecule has 1 amide bonds. The molecule has 1 aliphatic rings. The van der Waals surface area contributed by atoms with E-state index in [2.05, 4.69) is 4.98 Å². The monoisotopic (exact) mass is 347 g/mol. The van der Waals surface area contributed by atoms with Crippen molar-refractivity contribution in [1.82, 2.24) is 14.5 Å². The maximum absolute atomic E-state index is 12.7. The normalized spacial score (nSPS) is 17.0. The SMILES string of the molecule is O=C(O)CCN(C[C@@H]1CCCO1)C(=O)Cn1c(=O)[nH]c2ccccc21. The van der Waals surface area contributed by atoms with Crippen LogP contribution in [0.1, 0.15) is 19.3 Å². The first-order chi connectivity index (χ1) is 12.0. The quantitative estimate of drug-likeness (QED) is 0.771. The number of aliphatic carboxylic acids is 1. The predicted molar refractivity (Wildman–Crippen MR) is 90.4 cm³/mol. The molecule has 1 aliphatic heterocycles. The number of imidazole rings is 1. The Morgan fingerprint density at radius 3 is 2.88 bits per heavy atom. The van der Waals surface area contributed by atoms with Gasteiger partial charge in [0.15, 0.2) is 0 Å². The number of H-pyrrole nitrogens is 1. The first kappa shape index (κ1) is 17.2. The molecule has 0 aliphatic carbocycles. The summed E-state index contributed by atoms with van der Waals surface area (Å²) in [6.45, 7) is 0.983. The van der Waals surface area contributed by atoms with Gasteiger partial charge in [-0.15, -0.1) is 0 Å². The number of benzene rings is 1. The number of nitrogens with zero attached hydrogens (tertiary/aromatic N) is 2. The molecular formula is C17H21N3O5. The van der Waals surface area contributed by atoms with Crippen LogP contribution in [0.2, 0.25) is 0 Å². The number of aromatic nitrogens is 2. The van der Waals surface area contributed by atoms with Gasteiger partial charge in [-0.25, -0.2) is 4.79 Å². The van der Waals surface area contributed by atoms with Gasteiger partial charge in [0.2, 0.25) is 5.91 Å². The van der Waals surface area contributed by atoms with Crippen LogP contribution < -0.4 is 5.69 Å². The molecule has 134 valence electrons. The highest BCUT2D eigenvalue weighted by Gasteiger charge is 2.24. The van der Waals surface area contributed by atoms with E-state index in [0.717, 1.165) is 12.8 Å². The number of ether oxygens (including phenoxy) is 1. The number of para-hydroxylation sites is 2. The molecule has 2 aromatic rings. The van der Waals surface area contributed by atoms with Crippen molar-refractivity contribution in [2.45, 2.75) is 31.9 Å². The average Bonchev–Trinajstić information content (AvgIpc) is 3.19. The fourth-order valence-electron chi connectivity index (χ4n) is 3.08. The standard InChI is InChI=1S/C17H21N3O5/c21-15(11-20-14-6-2-1-5-13(14)18-17(20)24)19(8-7-16(22)23)10-12-4-3-9-25-12/h1-2,5-6,12H,3-4,7-11H2,(H,18,24)(H,22,23)/t12-/m0/s1. The predicted octanol–water partition coefficient (Wildman–Crippen LogP) is 0.812. The fourth-order valence-corrected chi connectivity index (χ4v) is 3.08. The van der Waals surface area contributed by atoms with E-state index in [1.165, 1.54) is 9.47 Å². The smallest absolute Gasteiger partial charge is 0.326 e. The number of fused-ring (bicyclic) bond motifs is 1. The van der Waals surface area contributed by atoms with Crippen molar-refractivity contribution in [3.63, 3.8) is 0 Å². The first-order valence-corrected chi connectivity index (χ1v) is 8.33. The molecule has 2 N–H and O–H groups in total. The van der Waals surface area contributed by atoms with E-state index in [1.807, 2.05) is 0 Å².